The van der Waals surface area contributed by atoms with Gasteiger partial charge >= 0.3 is 0 Å². The Hall–Kier alpha value is -0.690. The second kappa shape index (κ2) is 6.47. The Bertz CT molecular complexity index is 508. The predicted molar refractivity (Wildman–Crippen MR) is 69.7 cm³/mol. The lowest BCUT2D eigenvalue weighted by molar-refractivity contribution is 0.514. The minimum Gasteiger partial charge on any atom is -0.319 e. The van der Waals surface area contributed by atoms with E-state index < -0.39 is 15.8 Å². The van der Waals surface area contributed by atoms with E-state index in [0.29, 0.717) is 6.54 Å². The standard InChI is InChI=1S/C11H16ClFN2O2S/c1-8(6-14-2)7-15-18(16,17)11-4-3-9(12)5-10(11)13/h3-5,8,14-15H,6-7H2,1-2H3. The van der Waals surface area contributed by atoms with Crippen molar-refractivity contribution >= 4 is 21.6 Å². The smallest absolute Gasteiger partial charge is 0.243 e. The summed E-state index contributed by atoms with van der Waals surface area (Å²) < 4.78 is 39.6. The van der Waals surface area contributed by atoms with Gasteiger partial charge in [-0.3, -0.25) is 0 Å². The third-order valence-electron chi connectivity index (χ3n) is 2.36. The summed E-state index contributed by atoms with van der Waals surface area (Å²) in [7, 11) is -2.05. The number of nitrogens with one attached hydrogen (secondary N) is 2. The largest absolute Gasteiger partial charge is 0.319 e. The lowest BCUT2D eigenvalue weighted by atomic mass is 10.2. The van der Waals surface area contributed by atoms with Gasteiger partial charge in [0.05, 0.1) is 0 Å². The molecule has 1 rings (SSSR count). The fraction of sp³-hybridized carbons (Fsp3) is 0.455. The van der Waals surface area contributed by atoms with E-state index in [4.69, 9.17) is 11.6 Å². The molecular formula is C11H16ClFN2O2S. The highest BCUT2D eigenvalue weighted by Gasteiger charge is 2.19. The van der Waals surface area contributed by atoms with Crippen molar-refractivity contribution in [3.05, 3.63) is 29.0 Å². The third-order valence-corrected chi connectivity index (χ3v) is 4.05. The van der Waals surface area contributed by atoms with Gasteiger partial charge in [-0.2, -0.15) is 0 Å². The van der Waals surface area contributed by atoms with E-state index in [1.165, 1.54) is 6.07 Å². The Kier molecular flexibility index (Phi) is 5.52. The molecule has 0 heterocycles. The van der Waals surface area contributed by atoms with E-state index in [9.17, 15) is 12.8 Å². The van der Waals surface area contributed by atoms with Crippen molar-refractivity contribution in [1.82, 2.24) is 10.0 Å². The third kappa shape index (κ3) is 4.20. The highest BCUT2D eigenvalue weighted by Crippen LogP contribution is 2.18. The highest BCUT2D eigenvalue weighted by atomic mass is 35.5. The maximum atomic E-state index is 13.5. The van der Waals surface area contributed by atoms with Crippen molar-refractivity contribution in [2.45, 2.75) is 11.8 Å². The van der Waals surface area contributed by atoms with Gasteiger partial charge in [-0.1, -0.05) is 18.5 Å². The minimum atomic E-state index is -3.83. The molecule has 0 saturated heterocycles. The fourth-order valence-electron chi connectivity index (χ4n) is 1.44. The van der Waals surface area contributed by atoms with Gasteiger partial charge in [0.25, 0.3) is 0 Å². The fourth-order valence-corrected chi connectivity index (χ4v) is 2.82. The van der Waals surface area contributed by atoms with Crippen LogP contribution in [0.15, 0.2) is 23.1 Å². The first kappa shape index (κ1) is 15.4. The predicted octanol–water partition coefficient (Wildman–Crippen LogP) is 1.61. The van der Waals surface area contributed by atoms with Crippen molar-refractivity contribution in [1.29, 1.82) is 0 Å². The molecule has 0 spiro atoms. The summed E-state index contributed by atoms with van der Waals surface area (Å²) in [4.78, 5) is -0.386. The molecule has 1 unspecified atom stereocenters. The normalized spacial score (nSPS) is 13.6. The number of benzene rings is 1. The van der Waals surface area contributed by atoms with Crippen LogP contribution >= 0.6 is 11.6 Å². The van der Waals surface area contributed by atoms with Gasteiger partial charge in [0.15, 0.2) is 0 Å². The zero-order chi connectivity index (χ0) is 13.8. The molecule has 0 aliphatic carbocycles. The van der Waals surface area contributed by atoms with E-state index in [1.807, 2.05) is 6.92 Å². The molecule has 102 valence electrons. The van der Waals surface area contributed by atoms with Crippen molar-refractivity contribution in [3.8, 4) is 0 Å². The molecule has 1 aromatic carbocycles. The maximum Gasteiger partial charge on any atom is 0.243 e. The summed E-state index contributed by atoms with van der Waals surface area (Å²) in [6.07, 6.45) is 0. The van der Waals surface area contributed by atoms with Gasteiger partial charge in [0, 0.05) is 11.6 Å². The summed E-state index contributed by atoms with van der Waals surface area (Å²) in [5, 5.41) is 3.10. The first-order valence-electron chi connectivity index (χ1n) is 5.46. The van der Waals surface area contributed by atoms with Crippen LogP contribution in [0.25, 0.3) is 0 Å². The summed E-state index contributed by atoms with van der Waals surface area (Å²) >= 11 is 5.57. The monoisotopic (exact) mass is 294 g/mol. The molecule has 0 aromatic heterocycles. The zero-order valence-electron chi connectivity index (χ0n) is 10.2. The van der Waals surface area contributed by atoms with Gasteiger partial charge in [-0.05, 0) is 37.7 Å². The van der Waals surface area contributed by atoms with Crippen LogP contribution in [0.3, 0.4) is 0 Å². The zero-order valence-corrected chi connectivity index (χ0v) is 11.8. The molecule has 7 heteroatoms. The van der Waals surface area contributed by atoms with Crippen LogP contribution in [-0.2, 0) is 10.0 Å². The molecule has 2 N–H and O–H groups in total. The van der Waals surface area contributed by atoms with Gasteiger partial charge < -0.3 is 5.32 Å². The Balaban J connectivity index is 2.80. The van der Waals surface area contributed by atoms with Crippen LogP contribution in [0.4, 0.5) is 4.39 Å². The second-order valence-electron chi connectivity index (χ2n) is 4.09. The molecule has 0 radical (unpaired) electrons. The topological polar surface area (TPSA) is 58.2 Å². The van der Waals surface area contributed by atoms with E-state index in [2.05, 4.69) is 10.0 Å². The molecular weight excluding hydrogens is 279 g/mol. The molecule has 1 atom stereocenters. The lowest BCUT2D eigenvalue weighted by Crippen LogP contribution is -2.32. The summed E-state index contributed by atoms with van der Waals surface area (Å²) in [5.74, 6) is -0.739. The Labute approximate surface area is 112 Å². The summed E-state index contributed by atoms with van der Waals surface area (Å²) in [6.45, 7) is 2.80. The van der Waals surface area contributed by atoms with Crippen molar-refractivity contribution in [2.24, 2.45) is 5.92 Å². The molecule has 18 heavy (non-hydrogen) atoms. The van der Waals surface area contributed by atoms with E-state index in [1.54, 1.807) is 7.05 Å². The first-order valence-corrected chi connectivity index (χ1v) is 7.32. The minimum absolute atomic E-state index is 0.111. The van der Waals surface area contributed by atoms with Crippen LogP contribution < -0.4 is 10.0 Å². The van der Waals surface area contributed by atoms with Crippen LogP contribution in [0.2, 0.25) is 5.02 Å². The Morgan fingerprint density at radius 2 is 2.06 bits per heavy atom. The van der Waals surface area contributed by atoms with Crippen LogP contribution in [0, 0.1) is 11.7 Å². The average Bonchev–Trinajstić information content (AvgIpc) is 2.26. The number of rotatable bonds is 6. The molecule has 0 amide bonds. The molecule has 0 aliphatic heterocycles. The molecule has 0 aliphatic rings. The molecule has 4 nitrogen and oxygen atoms in total. The Morgan fingerprint density at radius 3 is 2.61 bits per heavy atom. The number of halogens is 2. The van der Waals surface area contributed by atoms with Gasteiger partial charge in [0.2, 0.25) is 10.0 Å². The van der Waals surface area contributed by atoms with Gasteiger partial charge in [0.1, 0.15) is 10.7 Å². The van der Waals surface area contributed by atoms with E-state index >= 15 is 0 Å². The van der Waals surface area contributed by atoms with Crippen LogP contribution in [0.1, 0.15) is 6.92 Å². The summed E-state index contributed by atoms with van der Waals surface area (Å²) in [6, 6.07) is 3.48. The number of hydrogen-bond donors (Lipinski definition) is 2. The van der Waals surface area contributed by atoms with Crippen LogP contribution in [0.5, 0.6) is 0 Å². The van der Waals surface area contributed by atoms with Crippen LogP contribution in [-0.4, -0.2) is 28.6 Å². The van der Waals surface area contributed by atoms with Crippen molar-refractivity contribution < 1.29 is 12.8 Å². The number of hydrogen-bond acceptors (Lipinski definition) is 3. The highest BCUT2D eigenvalue weighted by molar-refractivity contribution is 7.89. The maximum absolute atomic E-state index is 13.5. The molecule has 0 fully saturated rings. The molecule has 0 bridgehead atoms. The number of sulfonamides is 1. The van der Waals surface area contributed by atoms with Gasteiger partial charge in [-0.25, -0.2) is 17.5 Å². The quantitative estimate of drug-likeness (QED) is 0.838. The van der Waals surface area contributed by atoms with Gasteiger partial charge in [-0.15, -0.1) is 0 Å². The lowest BCUT2D eigenvalue weighted by Gasteiger charge is -2.12. The Morgan fingerprint density at radius 1 is 1.39 bits per heavy atom. The molecule has 1 aromatic rings. The average molecular weight is 295 g/mol. The first-order chi connectivity index (χ1) is 8.36. The van der Waals surface area contributed by atoms with Crippen molar-refractivity contribution in [3.63, 3.8) is 0 Å². The SMILES string of the molecule is CNCC(C)CNS(=O)(=O)c1ccc(Cl)cc1F. The van der Waals surface area contributed by atoms with E-state index in [0.717, 1.165) is 12.1 Å². The molecule has 0 saturated carbocycles. The second-order valence-corrected chi connectivity index (χ2v) is 6.26. The van der Waals surface area contributed by atoms with Crippen molar-refractivity contribution in [2.75, 3.05) is 20.1 Å². The van der Waals surface area contributed by atoms with E-state index in [-0.39, 0.29) is 22.4 Å². The summed E-state index contributed by atoms with van der Waals surface area (Å²) in [5.41, 5.74) is 0.